The van der Waals surface area contributed by atoms with Crippen molar-refractivity contribution in [2.75, 3.05) is 12.4 Å². The maximum atomic E-state index is 12.2. The lowest BCUT2D eigenvalue weighted by atomic mass is 10.1. The van der Waals surface area contributed by atoms with Crippen LogP contribution in [0.1, 0.15) is 31.5 Å². The lowest BCUT2D eigenvalue weighted by molar-refractivity contribution is -0.116. The summed E-state index contributed by atoms with van der Waals surface area (Å²) in [5.41, 5.74) is 2.50. The predicted octanol–water partition coefficient (Wildman–Crippen LogP) is 2.63. The average Bonchev–Trinajstić information content (AvgIpc) is 3.04. The van der Waals surface area contributed by atoms with E-state index in [0.717, 1.165) is 22.7 Å². The van der Waals surface area contributed by atoms with Crippen LogP contribution in [-0.2, 0) is 27.1 Å². The van der Waals surface area contributed by atoms with Crippen LogP contribution in [0.4, 0.5) is 5.82 Å². The van der Waals surface area contributed by atoms with Crippen LogP contribution in [0.2, 0.25) is 0 Å². The van der Waals surface area contributed by atoms with Crippen molar-refractivity contribution in [3.63, 3.8) is 0 Å². The molecule has 1 aromatic carbocycles. The molecule has 0 radical (unpaired) electrons. The topological polar surface area (TPSA) is 73.2 Å². The van der Waals surface area contributed by atoms with Crippen LogP contribution in [0, 0.1) is 5.92 Å². The van der Waals surface area contributed by atoms with Gasteiger partial charge in [-0.05, 0) is 30.2 Å². The van der Waals surface area contributed by atoms with Gasteiger partial charge in [0.15, 0.2) is 0 Å². The van der Waals surface area contributed by atoms with Gasteiger partial charge >= 0.3 is 0 Å². The second-order valence-corrected chi connectivity index (χ2v) is 7.72. The first-order valence-electron chi connectivity index (χ1n) is 7.88. The second-order valence-electron chi connectivity index (χ2n) is 6.26. The molecule has 24 heavy (non-hydrogen) atoms. The van der Waals surface area contributed by atoms with Crippen molar-refractivity contribution >= 4 is 22.5 Å². The summed E-state index contributed by atoms with van der Waals surface area (Å²) in [6.07, 6.45) is 0.436. The highest BCUT2D eigenvalue weighted by Crippen LogP contribution is 2.31. The molecule has 1 atom stereocenters. The van der Waals surface area contributed by atoms with E-state index < -0.39 is 10.8 Å². The van der Waals surface area contributed by atoms with Crippen LogP contribution in [0.3, 0.4) is 0 Å². The van der Waals surface area contributed by atoms with Gasteiger partial charge in [-0.15, -0.1) is 0 Å². The number of ether oxygens (including phenoxy) is 1. The van der Waals surface area contributed by atoms with Crippen LogP contribution >= 0.6 is 0 Å². The number of hydrogen-bond donors (Lipinski definition) is 1. The molecule has 1 aliphatic rings. The molecule has 1 aromatic heterocycles. The van der Waals surface area contributed by atoms with Crippen LogP contribution in [0.5, 0.6) is 5.75 Å². The van der Waals surface area contributed by atoms with Gasteiger partial charge in [-0.1, -0.05) is 13.8 Å². The van der Waals surface area contributed by atoms with Gasteiger partial charge < -0.3 is 10.1 Å². The molecule has 2 heterocycles. The molecule has 128 valence electrons. The molecule has 3 rings (SSSR count). The van der Waals surface area contributed by atoms with Crippen LogP contribution in [0.25, 0.3) is 5.69 Å². The third-order valence-electron chi connectivity index (χ3n) is 3.84. The number of nitrogens with zero attached hydrogens (tertiary/aromatic N) is 2. The molecule has 1 N–H and O–H groups in total. The van der Waals surface area contributed by atoms with Crippen LogP contribution in [-0.4, -0.2) is 27.0 Å². The first-order valence-corrected chi connectivity index (χ1v) is 9.36. The molecule has 0 saturated heterocycles. The fraction of sp³-hybridized carbons (Fsp3) is 0.412. The summed E-state index contributed by atoms with van der Waals surface area (Å²) < 4.78 is 18.7. The van der Waals surface area contributed by atoms with Crippen molar-refractivity contribution in [3.8, 4) is 11.4 Å². The maximum Gasteiger partial charge on any atom is 0.225 e. The Labute approximate surface area is 143 Å². The predicted molar refractivity (Wildman–Crippen MR) is 93.8 cm³/mol. The molecule has 0 unspecified atom stereocenters. The maximum absolute atomic E-state index is 12.2. The van der Waals surface area contributed by atoms with Gasteiger partial charge in [0, 0.05) is 22.8 Å². The van der Waals surface area contributed by atoms with Gasteiger partial charge in [0.2, 0.25) is 5.91 Å². The molecule has 1 aliphatic heterocycles. The smallest absolute Gasteiger partial charge is 0.225 e. The van der Waals surface area contributed by atoms with E-state index in [2.05, 4.69) is 10.4 Å². The zero-order valence-electron chi connectivity index (χ0n) is 14.0. The van der Waals surface area contributed by atoms with E-state index in [1.807, 2.05) is 38.1 Å². The normalized spacial score (nSPS) is 16.2. The van der Waals surface area contributed by atoms with Crippen LogP contribution < -0.4 is 10.1 Å². The number of fused-ring (bicyclic) bond motifs is 1. The van der Waals surface area contributed by atoms with E-state index in [4.69, 9.17) is 4.74 Å². The Kier molecular flexibility index (Phi) is 4.71. The van der Waals surface area contributed by atoms with Crippen molar-refractivity contribution in [2.24, 2.45) is 5.92 Å². The second kappa shape index (κ2) is 6.76. The Bertz CT molecular complexity index is 781. The number of methoxy groups -OCH3 is 1. The number of amides is 1. The molecule has 2 aromatic rings. The van der Waals surface area contributed by atoms with Crippen molar-refractivity contribution in [3.05, 3.63) is 35.5 Å². The molecule has 0 spiro atoms. The van der Waals surface area contributed by atoms with Crippen molar-refractivity contribution in [1.82, 2.24) is 9.78 Å². The van der Waals surface area contributed by atoms with Crippen molar-refractivity contribution in [2.45, 2.75) is 31.8 Å². The van der Waals surface area contributed by atoms with Gasteiger partial charge in [0.25, 0.3) is 0 Å². The fourth-order valence-corrected chi connectivity index (χ4v) is 3.98. The lowest BCUT2D eigenvalue weighted by Gasteiger charge is -2.12. The number of rotatable bonds is 5. The molecule has 1 amide bonds. The van der Waals surface area contributed by atoms with Gasteiger partial charge in [-0.3, -0.25) is 9.00 Å². The Hall–Kier alpha value is -2.15. The number of hydrogen-bond acceptors (Lipinski definition) is 4. The highest BCUT2D eigenvalue weighted by Gasteiger charge is 2.28. The summed E-state index contributed by atoms with van der Waals surface area (Å²) >= 11 is 0. The zero-order chi connectivity index (χ0) is 17.3. The number of aromatic nitrogens is 2. The quantitative estimate of drug-likeness (QED) is 0.902. The fourth-order valence-electron chi connectivity index (χ4n) is 2.72. The molecule has 0 saturated carbocycles. The third kappa shape index (κ3) is 3.36. The third-order valence-corrected chi connectivity index (χ3v) is 5.04. The monoisotopic (exact) mass is 347 g/mol. The molecular formula is C17H21N3O3S. The van der Waals surface area contributed by atoms with Crippen molar-refractivity contribution in [1.29, 1.82) is 0 Å². The van der Waals surface area contributed by atoms with E-state index in [-0.39, 0.29) is 11.8 Å². The first-order chi connectivity index (χ1) is 11.5. The zero-order valence-corrected chi connectivity index (χ0v) is 14.9. The Morgan fingerprint density at radius 3 is 2.67 bits per heavy atom. The lowest BCUT2D eigenvalue weighted by Crippen LogP contribution is -2.17. The molecule has 6 nitrogen and oxygen atoms in total. The number of anilines is 1. The number of benzene rings is 1. The highest BCUT2D eigenvalue weighted by molar-refractivity contribution is 7.83. The largest absolute Gasteiger partial charge is 0.497 e. The summed E-state index contributed by atoms with van der Waals surface area (Å²) in [4.78, 5) is 12.2. The minimum atomic E-state index is -0.941. The molecule has 7 heteroatoms. The van der Waals surface area contributed by atoms with E-state index in [9.17, 15) is 9.00 Å². The van der Waals surface area contributed by atoms with Gasteiger partial charge in [-0.2, -0.15) is 5.10 Å². The summed E-state index contributed by atoms with van der Waals surface area (Å²) in [6, 6.07) is 7.46. The summed E-state index contributed by atoms with van der Waals surface area (Å²) in [5.74, 6) is 2.47. The van der Waals surface area contributed by atoms with Gasteiger partial charge in [0.05, 0.1) is 30.0 Å². The van der Waals surface area contributed by atoms with E-state index in [1.165, 1.54) is 0 Å². The minimum absolute atomic E-state index is 0.0554. The van der Waals surface area contributed by atoms with E-state index in [1.54, 1.807) is 11.8 Å². The Morgan fingerprint density at radius 2 is 2.04 bits per heavy atom. The standard InChI is InChI=1S/C17H21N3O3S/c1-11(2)8-16(21)18-17-14-9-24(22)10-15(14)19-20(17)12-4-6-13(23-3)7-5-12/h4-7,11H,8-10H2,1-3H3,(H,18,21)/t24-/m1/s1. The summed E-state index contributed by atoms with van der Waals surface area (Å²) in [6.45, 7) is 4.00. The Balaban J connectivity index is 1.98. The SMILES string of the molecule is COc1ccc(-n2nc3c(c2NC(=O)CC(C)C)C[S@@](=O)C3)cc1. The van der Waals surface area contributed by atoms with Crippen molar-refractivity contribution < 1.29 is 13.7 Å². The molecule has 0 aliphatic carbocycles. The van der Waals surface area contributed by atoms with Gasteiger partial charge in [-0.25, -0.2) is 4.68 Å². The summed E-state index contributed by atoms with van der Waals surface area (Å²) in [7, 11) is 0.674. The molecular weight excluding hydrogens is 326 g/mol. The number of carbonyl (C=O) groups excluding carboxylic acids is 1. The first kappa shape index (κ1) is 16.7. The summed E-state index contributed by atoms with van der Waals surface area (Å²) in [5, 5.41) is 7.53. The van der Waals surface area contributed by atoms with Crippen LogP contribution in [0.15, 0.2) is 24.3 Å². The average molecular weight is 347 g/mol. The molecule has 0 bridgehead atoms. The van der Waals surface area contributed by atoms with Gasteiger partial charge in [0.1, 0.15) is 11.6 Å². The highest BCUT2D eigenvalue weighted by atomic mass is 32.2. The Morgan fingerprint density at radius 1 is 1.33 bits per heavy atom. The number of carbonyl (C=O) groups is 1. The van der Waals surface area contributed by atoms with E-state index >= 15 is 0 Å². The number of nitrogens with one attached hydrogen (secondary N) is 1. The minimum Gasteiger partial charge on any atom is -0.497 e. The molecule has 0 fully saturated rings. The van der Waals surface area contributed by atoms with E-state index in [0.29, 0.717) is 23.7 Å².